The molecule has 6 heavy (non-hydrogen) atoms. The van der Waals surface area contributed by atoms with Gasteiger partial charge in [0.05, 0.1) is 6.92 Å². The first kappa shape index (κ1) is 6.50. The third-order valence-corrected chi connectivity index (χ3v) is 1.83. The summed E-state index contributed by atoms with van der Waals surface area (Å²) in [5, 5.41) is 0. The van der Waals surface area contributed by atoms with Crippen LogP contribution < -0.4 is 0 Å². The quantitative estimate of drug-likeness (QED) is 0.368. The van der Waals surface area contributed by atoms with E-state index in [0.29, 0.717) is 0 Å². The van der Waals surface area contributed by atoms with Gasteiger partial charge in [-0.25, -0.2) is 0 Å². The van der Waals surface area contributed by atoms with Crippen molar-refractivity contribution < 1.29 is 4.79 Å². The molecule has 0 rings (SSSR count). The number of alkyl halides is 1. The van der Waals surface area contributed by atoms with Crippen molar-refractivity contribution in [2.45, 2.75) is 4.83 Å². The number of hydrogen-bond donors (Lipinski definition) is 0. The number of halogens is 2. The monoisotopic (exact) mass is 213 g/mol. The molecule has 1 unspecified atom stereocenters. The van der Waals surface area contributed by atoms with E-state index in [4.69, 9.17) is 0 Å². The van der Waals surface area contributed by atoms with Crippen molar-refractivity contribution in [2.75, 3.05) is 0 Å². The molecule has 3 heteroatoms. The van der Waals surface area contributed by atoms with E-state index in [2.05, 4.69) is 38.8 Å². The molecule has 0 radical (unpaired) electrons. The highest BCUT2D eigenvalue weighted by Crippen LogP contribution is 2.01. The summed E-state index contributed by atoms with van der Waals surface area (Å²) in [7, 11) is 0. The molecule has 0 aromatic carbocycles. The van der Waals surface area contributed by atoms with Crippen molar-refractivity contribution >= 4 is 36.6 Å². The summed E-state index contributed by atoms with van der Waals surface area (Å²) in [6, 6.07) is 0. The maximum atomic E-state index is 9.95. The molecule has 0 aliphatic heterocycles. The second-order valence-corrected chi connectivity index (χ2v) is 2.66. The molecule has 0 saturated heterocycles. The molecule has 34 valence electrons. The van der Waals surface area contributed by atoms with Gasteiger partial charge in [0.2, 0.25) is 4.83 Å². The summed E-state index contributed by atoms with van der Waals surface area (Å²) in [4.78, 5) is 9.64. The zero-order chi connectivity index (χ0) is 5.15. The van der Waals surface area contributed by atoms with Crippen LogP contribution in [0.1, 0.15) is 0 Å². The Morgan fingerprint density at radius 2 is 2.00 bits per heavy atom. The molecule has 1 nitrogen and oxygen atoms in total. The molecule has 0 fully saturated rings. The molecule has 1 atom stereocenters. The zero-order valence-corrected chi connectivity index (χ0v) is 6.12. The zero-order valence-electron chi connectivity index (χ0n) is 2.95. The first-order valence-electron chi connectivity index (χ1n) is 1.31. The maximum absolute atomic E-state index is 9.95. The molecule has 0 aromatic heterocycles. The fourth-order valence-corrected chi connectivity index (χ4v) is 0. The van der Waals surface area contributed by atoms with E-state index in [-0.39, 0.29) is 9.52 Å². The Balaban J connectivity index is 3.26. The topological polar surface area (TPSA) is 17.1 Å². The minimum atomic E-state index is -0.308. The van der Waals surface area contributed by atoms with Crippen LogP contribution in [0.25, 0.3) is 0 Å². The van der Waals surface area contributed by atoms with E-state index in [0.717, 1.165) is 0 Å². The SMILES string of the molecule is [CH2+]C(Br)C(=O)Br. The molecular weight excluding hydrogens is 212 g/mol. The first-order valence-corrected chi connectivity index (χ1v) is 3.02. The first-order chi connectivity index (χ1) is 2.64. The van der Waals surface area contributed by atoms with Gasteiger partial charge in [0, 0.05) is 0 Å². The lowest BCUT2D eigenvalue weighted by Crippen LogP contribution is -1.98. The fourth-order valence-electron chi connectivity index (χ4n) is 0. The Morgan fingerprint density at radius 3 is 2.00 bits per heavy atom. The third kappa shape index (κ3) is 2.72. The van der Waals surface area contributed by atoms with Crippen molar-refractivity contribution in [3.8, 4) is 0 Å². The molecule has 0 spiro atoms. The van der Waals surface area contributed by atoms with Crippen molar-refractivity contribution in [3.63, 3.8) is 0 Å². The molecule has 0 aliphatic rings. The highest BCUT2D eigenvalue weighted by molar-refractivity contribution is 9.20. The number of carbonyl (C=O) groups is 1. The van der Waals surface area contributed by atoms with Crippen LogP contribution in [-0.4, -0.2) is 9.52 Å². The van der Waals surface area contributed by atoms with E-state index in [9.17, 15) is 4.79 Å². The van der Waals surface area contributed by atoms with Crippen LogP contribution >= 0.6 is 31.9 Å². The Hall–Kier alpha value is 0.500. The van der Waals surface area contributed by atoms with Crippen LogP contribution in [0, 0.1) is 6.92 Å². The van der Waals surface area contributed by atoms with Crippen molar-refractivity contribution in [3.05, 3.63) is 6.92 Å². The van der Waals surface area contributed by atoms with Crippen LogP contribution in [0.4, 0.5) is 0 Å². The van der Waals surface area contributed by atoms with Crippen molar-refractivity contribution in [1.82, 2.24) is 0 Å². The Morgan fingerprint density at radius 1 is 1.83 bits per heavy atom. The molecular formula is C3H3Br2O+. The molecule has 0 aliphatic carbocycles. The van der Waals surface area contributed by atoms with Crippen LogP contribution in [0.3, 0.4) is 0 Å². The predicted octanol–water partition coefficient (Wildman–Crippen LogP) is 1.51. The average molecular weight is 215 g/mol. The van der Waals surface area contributed by atoms with Gasteiger partial charge in [0.25, 0.3) is 4.69 Å². The Kier molecular flexibility index (Phi) is 2.86. The van der Waals surface area contributed by atoms with Crippen LogP contribution in [0.5, 0.6) is 0 Å². The second kappa shape index (κ2) is 2.64. The van der Waals surface area contributed by atoms with Crippen molar-refractivity contribution in [2.24, 2.45) is 0 Å². The van der Waals surface area contributed by atoms with Gasteiger partial charge in [-0.15, -0.1) is 0 Å². The van der Waals surface area contributed by atoms with Crippen LogP contribution in [0.2, 0.25) is 0 Å². The molecule has 0 aromatic rings. The minimum Gasteiger partial charge on any atom is -0.280 e. The second-order valence-electron chi connectivity index (χ2n) is 0.772. The summed E-state index contributed by atoms with van der Waals surface area (Å²) in [5.74, 6) is 0. The van der Waals surface area contributed by atoms with Gasteiger partial charge in [-0.1, -0.05) is 0 Å². The van der Waals surface area contributed by atoms with E-state index in [1.807, 2.05) is 0 Å². The van der Waals surface area contributed by atoms with Crippen LogP contribution in [0.15, 0.2) is 0 Å². The van der Waals surface area contributed by atoms with Gasteiger partial charge >= 0.3 is 0 Å². The van der Waals surface area contributed by atoms with Crippen molar-refractivity contribution in [1.29, 1.82) is 0 Å². The molecule has 0 heterocycles. The van der Waals surface area contributed by atoms with E-state index in [1.54, 1.807) is 0 Å². The molecule has 0 N–H and O–H groups in total. The van der Waals surface area contributed by atoms with E-state index in [1.165, 1.54) is 0 Å². The average Bonchev–Trinajstić information content (AvgIpc) is 1.36. The number of rotatable bonds is 1. The standard InChI is InChI=1S/C3H3Br2O/c1-2(4)3(5)6/h2H,1H2/q+1. The Bertz CT molecular complexity index is 59.8. The largest absolute Gasteiger partial charge is 0.280 e. The third-order valence-electron chi connectivity index (χ3n) is 0.246. The van der Waals surface area contributed by atoms with Gasteiger partial charge in [-0.2, -0.15) is 0 Å². The summed E-state index contributed by atoms with van der Waals surface area (Å²) < 4.78 is -0.123. The predicted molar refractivity (Wildman–Crippen MR) is 32.0 cm³/mol. The fraction of sp³-hybridized carbons (Fsp3) is 0.333. The summed E-state index contributed by atoms with van der Waals surface area (Å²) >= 11 is 5.62. The summed E-state index contributed by atoms with van der Waals surface area (Å²) in [5.41, 5.74) is 0. The lowest BCUT2D eigenvalue weighted by molar-refractivity contribution is -0.109. The van der Waals surface area contributed by atoms with Gasteiger partial charge in [-0.3, -0.25) is 4.79 Å². The smallest absolute Gasteiger partial charge is 0.255 e. The molecule has 0 bridgehead atoms. The summed E-state index contributed by atoms with van der Waals surface area (Å²) in [6.45, 7) is 3.36. The maximum Gasteiger partial charge on any atom is 0.255 e. The Labute approximate surface area is 53.4 Å². The van der Waals surface area contributed by atoms with Gasteiger partial charge in [-0.05, 0) is 31.9 Å². The minimum absolute atomic E-state index is 0.123. The van der Waals surface area contributed by atoms with E-state index < -0.39 is 0 Å². The summed E-state index contributed by atoms with van der Waals surface area (Å²) in [6.07, 6.45) is 0. The number of hydrogen-bond acceptors (Lipinski definition) is 1. The van der Waals surface area contributed by atoms with Gasteiger partial charge in [0.15, 0.2) is 0 Å². The normalized spacial score (nSPS) is 13.7. The molecule has 0 saturated carbocycles. The lowest BCUT2D eigenvalue weighted by Gasteiger charge is -1.77. The van der Waals surface area contributed by atoms with Gasteiger partial charge < -0.3 is 0 Å². The number of carbonyl (C=O) groups excluding carboxylic acids is 1. The van der Waals surface area contributed by atoms with Crippen LogP contribution in [-0.2, 0) is 4.79 Å². The van der Waals surface area contributed by atoms with E-state index >= 15 is 0 Å². The van der Waals surface area contributed by atoms with Gasteiger partial charge in [0.1, 0.15) is 0 Å². The highest BCUT2D eigenvalue weighted by Gasteiger charge is 2.08. The molecule has 0 amide bonds. The highest BCUT2D eigenvalue weighted by atomic mass is 79.9. The lowest BCUT2D eigenvalue weighted by atomic mass is 10.6.